The maximum absolute atomic E-state index is 4.14. The molecule has 1 aromatic carbocycles. The normalized spacial score (nSPS) is 10.8. The maximum Gasteiger partial charge on any atom is 0.0840 e. The highest BCUT2D eigenvalue weighted by Gasteiger charge is 2.02. The second-order valence-corrected chi connectivity index (χ2v) is 5.16. The molecule has 3 nitrogen and oxygen atoms in total. The summed E-state index contributed by atoms with van der Waals surface area (Å²) in [5, 5.41) is 9.20. The molecule has 0 saturated heterocycles. The topological polar surface area (TPSA) is 30.7 Å². The fourth-order valence-electron chi connectivity index (χ4n) is 1.83. The van der Waals surface area contributed by atoms with Gasteiger partial charge in [0.05, 0.1) is 17.6 Å². The maximum atomic E-state index is 4.14. The minimum Gasteiger partial charge on any atom is -0.220 e. The van der Waals surface area contributed by atoms with E-state index in [1.807, 2.05) is 10.9 Å². The van der Waals surface area contributed by atoms with Crippen LogP contribution < -0.4 is 0 Å². The minimum absolute atomic E-state index is 0.911. The van der Waals surface area contributed by atoms with Gasteiger partial charge in [0.2, 0.25) is 0 Å². The molecular formula is C14H18BrN3. The van der Waals surface area contributed by atoms with Gasteiger partial charge in [0.25, 0.3) is 0 Å². The summed E-state index contributed by atoms with van der Waals surface area (Å²) in [6.07, 6.45) is 6.54. The lowest BCUT2D eigenvalue weighted by atomic mass is 10.1. The second kappa shape index (κ2) is 6.69. The highest BCUT2D eigenvalue weighted by atomic mass is 79.9. The fraction of sp³-hybridized carbons (Fsp3) is 0.429. The number of rotatable bonds is 6. The van der Waals surface area contributed by atoms with Gasteiger partial charge in [-0.05, 0) is 30.5 Å². The molecule has 0 atom stereocenters. The van der Waals surface area contributed by atoms with Gasteiger partial charge in [-0.25, -0.2) is 4.68 Å². The van der Waals surface area contributed by atoms with Crippen LogP contribution in [0.25, 0.3) is 5.69 Å². The van der Waals surface area contributed by atoms with Crippen LogP contribution in [-0.2, 0) is 12.8 Å². The van der Waals surface area contributed by atoms with Crippen LogP contribution in [0.5, 0.6) is 0 Å². The van der Waals surface area contributed by atoms with E-state index in [1.165, 1.54) is 18.4 Å². The SMILES string of the molecule is CCCCc1ccc(-n2cc(CCBr)nn2)cc1. The molecule has 18 heavy (non-hydrogen) atoms. The zero-order chi connectivity index (χ0) is 12.8. The molecule has 0 radical (unpaired) electrons. The van der Waals surface area contributed by atoms with Crippen molar-refractivity contribution in [3.63, 3.8) is 0 Å². The molecule has 1 heterocycles. The average molecular weight is 308 g/mol. The summed E-state index contributed by atoms with van der Waals surface area (Å²) in [6.45, 7) is 2.22. The molecule has 0 bridgehead atoms. The summed E-state index contributed by atoms with van der Waals surface area (Å²) < 4.78 is 1.83. The van der Waals surface area contributed by atoms with Crippen molar-refractivity contribution in [1.82, 2.24) is 15.0 Å². The molecule has 0 N–H and O–H groups in total. The van der Waals surface area contributed by atoms with Crippen molar-refractivity contribution >= 4 is 15.9 Å². The van der Waals surface area contributed by atoms with E-state index in [0.717, 1.165) is 29.6 Å². The van der Waals surface area contributed by atoms with Gasteiger partial charge in [-0.3, -0.25) is 0 Å². The first-order valence-corrected chi connectivity index (χ1v) is 7.52. The van der Waals surface area contributed by atoms with Crippen LogP contribution in [0.2, 0.25) is 0 Å². The average Bonchev–Trinajstić information content (AvgIpc) is 2.86. The lowest BCUT2D eigenvalue weighted by molar-refractivity contribution is 0.787. The number of hydrogen-bond acceptors (Lipinski definition) is 2. The van der Waals surface area contributed by atoms with Gasteiger partial charge in [-0.15, -0.1) is 5.10 Å². The summed E-state index contributed by atoms with van der Waals surface area (Å²) in [5.41, 5.74) is 3.48. The van der Waals surface area contributed by atoms with Crippen LogP contribution in [0.4, 0.5) is 0 Å². The Hall–Kier alpha value is -1.16. The first-order chi connectivity index (χ1) is 8.83. The Balaban J connectivity index is 2.07. The van der Waals surface area contributed by atoms with Crippen molar-refractivity contribution in [1.29, 1.82) is 0 Å². The molecule has 2 aromatic rings. The lowest BCUT2D eigenvalue weighted by Gasteiger charge is -2.03. The monoisotopic (exact) mass is 307 g/mol. The van der Waals surface area contributed by atoms with Gasteiger partial charge in [0.1, 0.15) is 0 Å². The Labute approximate surface area is 116 Å². The Kier molecular flexibility index (Phi) is 4.93. The van der Waals surface area contributed by atoms with Gasteiger partial charge in [0.15, 0.2) is 0 Å². The third-order valence-electron chi connectivity index (χ3n) is 2.91. The predicted octanol–water partition coefficient (Wildman–Crippen LogP) is 3.55. The Morgan fingerprint density at radius 2 is 1.94 bits per heavy atom. The largest absolute Gasteiger partial charge is 0.220 e. The first-order valence-electron chi connectivity index (χ1n) is 6.40. The van der Waals surface area contributed by atoms with Gasteiger partial charge in [-0.2, -0.15) is 0 Å². The fourth-order valence-corrected chi connectivity index (χ4v) is 2.24. The number of alkyl halides is 1. The van der Waals surface area contributed by atoms with Crippen molar-refractivity contribution in [2.24, 2.45) is 0 Å². The minimum atomic E-state index is 0.911. The molecule has 0 spiro atoms. The summed E-state index contributed by atoms with van der Waals surface area (Å²) >= 11 is 3.41. The molecule has 2 rings (SSSR count). The summed E-state index contributed by atoms with van der Waals surface area (Å²) in [7, 11) is 0. The van der Waals surface area contributed by atoms with E-state index < -0.39 is 0 Å². The third kappa shape index (κ3) is 3.42. The molecule has 0 saturated carbocycles. The molecule has 0 aliphatic rings. The zero-order valence-electron chi connectivity index (χ0n) is 10.6. The van der Waals surface area contributed by atoms with E-state index in [1.54, 1.807) is 0 Å². The van der Waals surface area contributed by atoms with E-state index in [4.69, 9.17) is 0 Å². The quantitative estimate of drug-likeness (QED) is 0.764. The van der Waals surface area contributed by atoms with Crippen LogP contribution in [-0.4, -0.2) is 20.3 Å². The molecule has 0 amide bonds. The van der Waals surface area contributed by atoms with E-state index in [0.29, 0.717) is 0 Å². The van der Waals surface area contributed by atoms with Crippen LogP contribution in [0.3, 0.4) is 0 Å². The second-order valence-electron chi connectivity index (χ2n) is 4.36. The lowest BCUT2D eigenvalue weighted by Crippen LogP contribution is -1.95. The predicted molar refractivity (Wildman–Crippen MR) is 77.5 cm³/mol. The van der Waals surface area contributed by atoms with Gasteiger partial charge in [0, 0.05) is 11.8 Å². The van der Waals surface area contributed by atoms with Crippen LogP contribution >= 0.6 is 15.9 Å². The highest BCUT2D eigenvalue weighted by molar-refractivity contribution is 9.09. The Bertz CT molecular complexity index is 476. The molecular weight excluding hydrogens is 290 g/mol. The Morgan fingerprint density at radius 1 is 1.17 bits per heavy atom. The number of nitrogens with zero attached hydrogens (tertiary/aromatic N) is 3. The van der Waals surface area contributed by atoms with Crippen molar-refractivity contribution in [3.05, 3.63) is 41.7 Å². The van der Waals surface area contributed by atoms with E-state index in [-0.39, 0.29) is 0 Å². The van der Waals surface area contributed by atoms with Crippen LogP contribution in [0.15, 0.2) is 30.5 Å². The van der Waals surface area contributed by atoms with Crippen molar-refractivity contribution in [3.8, 4) is 5.69 Å². The van der Waals surface area contributed by atoms with Crippen molar-refractivity contribution in [2.45, 2.75) is 32.6 Å². The van der Waals surface area contributed by atoms with Crippen LogP contribution in [0, 0.1) is 0 Å². The summed E-state index contributed by atoms with van der Waals surface area (Å²) in [6, 6.07) is 8.57. The van der Waals surface area contributed by atoms with Gasteiger partial charge >= 0.3 is 0 Å². The summed E-state index contributed by atoms with van der Waals surface area (Å²) in [5.74, 6) is 0. The summed E-state index contributed by atoms with van der Waals surface area (Å²) in [4.78, 5) is 0. The number of unbranched alkanes of at least 4 members (excludes halogenated alkanes) is 1. The van der Waals surface area contributed by atoms with Gasteiger partial charge < -0.3 is 0 Å². The van der Waals surface area contributed by atoms with E-state index in [2.05, 4.69) is 57.4 Å². The molecule has 96 valence electrons. The molecule has 0 unspecified atom stereocenters. The molecule has 0 aliphatic heterocycles. The van der Waals surface area contributed by atoms with Gasteiger partial charge in [-0.1, -0.05) is 46.6 Å². The number of benzene rings is 1. The standard InChI is InChI=1S/C14H18BrN3/c1-2-3-4-12-5-7-14(8-6-12)18-11-13(9-10-15)16-17-18/h5-8,11H,2-4,9-10H2,1H3. The van der Waals surface area contributed by atoms with E-state index >= 15 is 0 Å². The van der Waals surface area contributed by atoms with Crippen molar-refractivity contribution < 1.29 is 0 Å². The van der Waals surface area contributed by atoms with Crippen molar-refractivity contribution in [2.75, 3.05) is 5.33 Å². The highest BCUT2D eigenvalue weighted by Crippen LogP contribution is 2.11. The molecule has 4 heteroatoms. The zero-order valence-corrected chi connectivity index (χ0v) is 12.2. The smallest absolute Gasteiger partial charge is 0.0840 e. The van der Waals surface area contributed by atoms with E-state index in [9.17, 15) is 0 Å². The number of hydrogen-bond donors (Lipinski definition) is 0. The van der Waals surface area contributed by atoms with Crippen LogP contribution in [0.1, 0.15) is 31.0 Å². The number of aromatic nitrogens is 3. The molecule has 0 fully saturated rings. The first kappa shape index (κ1) is 13.3. The third-order valence-corrected chi connectivity index (χ3v) is 3.31. The number of halogens is 1. The number of aryl methyl sites for hydroxylation is 2. The Morgan fingerprint density at radius 3 is 2.61 bits per heavy atom. The molecule has 0 aliphatic carbocycles. The molecule has 1 aromatic heterocycles.